The number of carbonyl (C=O) groups excluding carboxylic acids is 1. The zero-order valence-electron chi connectivity index (χ0n) is 9.60. The van der Waals surface area contributed by atoms with Crippen molar-refractivity contribution in [2.45, 2.75) is 22.7 Å². The number of phenolic OH excluding ortho intramolecular Hbond substituents is 1. The van der Waals surface area contributed by atoms with E-state index in [2.05, 4.69) is 5.32 Å². The second-order valence-corrected chi connectivity index (χ2v) is 6.31. The number of benzene rings is 1. The molecule has 4 nitrogen and oxygen atoms in total. The van der Waals surface area contributed by atoms with Crippen molar-refractivity contribution in [2.75, 3.05) is 5.75 Å². The van der Waals surface area contributed by atoms with Gasteiger partial charge in [0.15, 0.2) is 4.84 Å². The molecule has 0 aliphatic rings. The van der Waals surface area contributed by atoms with Gasteiger partial charge in [-0.3, -0.25) is 9.00 Å². The fourth-order valence-electron chi connectivity index (χ4n) is 1.27. The summed E-state index contributed by atoms with van der Waals surface area (Å²) in [5, 5.41) is 11.7. The molecule has 0 saturated heterocycles. The van der Waals surface area contributed by atoms with Gasteiger partial charge in [-0.1, -0.05) is 23.2 Å². The molecule has 0 fully saturated rings. The summed E-state index contributed by atoms with van der Waals surface area (Å²) in [4.78, 5) is 10.7. The van der Waals surface area contributed by atoms with Gasteiger partial charge >= 0.3 is 0 Å². The van der Waals surface area contributed by atoms with E-state index in [1.54, 1.807) is 19.1 Å². The van der Waals surface area contributed by atoms with Gasteiger partial charge in [-0.2, -0.15) is 0 Å². The summed E-state index contributed by atoms with van der Waals surface area (Å²) >= 11 is 10.8. The standard InChI is InChI=1S/C11H13Cl2NO3S/c1-7(14-11(16)10(12)13)6-18(17)9-4-2-8(15)3-5-9/h2-5,7,10,15H,6H2,1H3,(H,14,16)/t7-,18?/m1/s1. The molecule has 0 aromatic heterocycles. The van der Waals surface area contributed by atoms with Crippen molar-refractivity contribution >= 4 is 39.9 Å². The highest BCUT2D eigenvalue weighted by Crippen LogP contribution is 2.13. The number of phenols is 1. The molecule has 7 heteroatoms. The van der Waals surface area contributed by atoms with Crippen LogP contribution in [0.1, 0.15) is 6.92 Å². The number of hydrogen-bond donors (Lipinski definition) is 2. The summed E-state index contributed by atoms with van der Waals surface area (Å²) in [5.74, 6) is -0.144. The maximum Gasteiger partial charge on any atom is 0.253 e. The van der Waals surface area contributed by atoms with Crippen molar-refractivity contribution in [1.82, 2.24) is 5.32 Å². The average Bonchev–Trinajstić information content (AvgIpc) is 2.29. The molecule has 1 aromatic rings. The largest absolute Gasteiger partial charge is 0.508 e. The summed E-state index contributed by atoms with van der Waals surface area (Å²) in [5.41, 5.74) is 0. The van der Waals surface area contributed by atoms with Gasteiger partial charge < -0.3 is 10.4 Å². The van der Waals surface area contributed by atoms with Crippen molar-refractivity contribution in [3.63, 3.8) is 0 Å². The van der Waals surface area contributed by atoms with Crippen LogP contribution in [0, 0.1) is 0 Å². The number of nitrogens with one attached hydrogen (secondary N) is 1. The van der Waals surface area contributed by atoms with Gasteiger partial charge in [-0.25, -0.2) is 0 Å². The Hall–Kier alpha value is -0.780. The maximum atomic E-state index is 11.9. The molecule has 0 bridgehead atoms. The number of halogens is 2. The number of alkyl halides is 2. The minimum absolute atomic E-state index is 0.115. The van der Waals surface area contributed by atoms with Crippen LogP contribution in [0.5, 0.6) is 5.75 Å². The number of aromatic hydroxyl groups is 1. The third-order valence-electron chi connectivity index (χ3n) is 2.09. The normalized spacial score (nSPS) is 14.2. The number of amides is 1. The van der Waals surface area contributed by atoms with Crippen LogP contribution in [0.3, 0.4) is 0 Å². The van der Waals surface area contributed by atoms with Crippen LogP contribution in [0.2, 0.25) is 0 Å². The van der Waals surface area contributed by atoms with Crippen LogP contribution >= 0.6 is 23.2 Å². The van der Waals surface area contributed by atoms with Crippen LogP contribution in [-0.2, 0) is 15.6 Å². The van der Waals surface area contributed by atoms with Crippen molar-refractivity contribution in [1.29, 1.82) is 0 Å². The van der Waals surface area contributed by atoms with E-state index in [1.165, 1.54) is 12.1 Å². The molecule has 18 heavy (non-hydrogen) atoms. The van der Waals surface area contributed by atoms with E-state index in [-0.39, 0.29) is 17.5 Å². The molecule has 1 amide bonds. The SMILES string of the molecule is C[C@H](CS(=O)c1ccc(O)cc1)NC(=O)C(Cl)Cl. The minimum Gasteiger partial charge on any atom is -0.508 e. The topological polar surface area (TPSA) is 66.4 Å². The Morgan fingerprint density at radius 2 is 1.94 bits per heavy atom. The fraction of sp³-hybridized carbons (Fsp3) is 0.364. The van der Waals surface area contributed by atoms with Gasteiger partial charge in [0.2, 0.25) is 0 Å². The Bertz CT molecular complexity index is 436. The highest BCUT2D eigenvalue weighted by Gasteiger charge is 2.16. The molecule has 1 rings (SSSR count). The average molecular weight is 310 g/mol. The molecule has 0 spiro atoms. The molecular weight excluding hydrogens is 297 g/mol. The van der Waals surface area contributed by atoms with Crippen LogP contribution < -0.4 is 5.32 Å². The third kappa shape index (κ3) is 4.84. The first-order valence-electron chi connectivity index (χ1n) is 5.16. The zero-order chi connectivity index (χ0) is 13.7. The van der Waals surface area contributed by atoms with E-state index in [1.807, 2.05) is 0 Å². The molecule has 100 valence electrons. The molecule has 2 N–H and O–H groups in total. The number of carbonyl (C=O) groups is 1. The maximum absolute atomic E-state index is 11.9. The smallest absolute Gasteiger partial charge is 0.253 e. The highest BCUT2D eigenvalue weighted by molar-refractivity contribution is 7.85. The lowest BCUT2D eigenvalue weighted by atomic mass is 10.3. The molecule has 0 heterocycles. The fourth-order valence-corrected chi connectivity index (χ4v) is 2.56. The van der Waals surface area contributed by atoms with Crippen LogP contribution in [-0.4, -0.2) is 31.9 Å². The lowest BCUT2D eigenvalue weighted by Crippen LogP contribution is -2.39. The molecule has 0 aliphatic heterocycles. The summed E-state index contributed by atoms with van der Waals surface area (Å²) in [6, 6.07) is 5.76. The van der Waals surface area contributed by atoms with Crippen molar-refractivity contribution < 1.29 is 14.1 Å². The van der Waals surface area contributed by atoms with Gasteiger partial charge in [-0.05, 0) is 31.2 Å². The van der Waals surface area contributed by atoms with Crippen molar-refractivity contribution in [3.05, 3.63) is 24.3 Å². The Kier molecular flexibility index (Phi) is 5.91. The third-order valence-corrected chi connectivity index (χ3v) is 4.08. The summed E-state index contributed by atoms with van der Waals surface area (Å²) < 4.78 is 11.9. The van der Waals surface area contributed by atoms with Gasteiger partial charge in [0, 0.05) is 16.7 Å². The predicted octanol–water partition coefficient (Wildman–Crippen LogP) is 1.81. The molecule has 0 radical (unpaired) electrons. The Morgan fingerprint density at radius 1 is 1.39 bits per heavy atom. The van der Waals surface area contributed by atoms with Gasteiger partial charge in [0.25, 0.3) is 5.91 Å². The van der Waals surface area contributed by atoms with Crippen LogP contribution in [0.4, 0.5) is 0 Å². The van der Waals surface area contributed by atoms with Gasteiger partial charge in [-0.15, -0.1) is 0 Å². The second kappa shape index (κ2) is 6.97. The molecule has 2 atom stereocenters. The Balaban J connectivity index is 2.54. The van der Waals surface area contributed by atoms with E-state index < -0.39 is 21.5 Å². The summed E-state index contributed by atoms with van der Waals surface area (Å²) in [7, 11) is -1.26. The van der Waals surface area contributed by atoms with Crippen LogP contribution in [0.15, 0.2) is 29.2 Å². The molecular formula is C11H13Cl2NO3S. The van der Waals surface area contributed by atoms with E-state index >= 15 is 0 Å². The van der Waals surface area contributed by atoms with Crippen LogP contribution in [0.25, 0.3) is 0 Å². The lowest BCUT2D eigenvalue weighted by molar-refractivity contribution is -0.119. The van der Waals surface area contributed by atoms with Crippen molar-refractivity contribution in [2.24, 2.45) is 0 Å². The second-order valence-electron chi connectivity index (χ2n) is 3.72. The minimum atomic E-state index is -1.26. The van der Waals surface area contributed by atoms with E-state index in [4.69, 9.17) is 28.3 Å². The quantitative estimate of drug-likeness (QED) is 0.815. The van der Waals surface area contributed by atoms with E-state index in [0.29, 0.717) is 4.90 Å². The number of hydrogen-bond acceptors (Lipinski definition) is 3. The molecule has 1 unspecified atom stereocenters. The number of rotatable bonds is 5. The summed E-state index contributed by atoms with van der Waals surface area (Å²) in [6.07, 6.45) is 0. The van der Waals surface area contributed by atoms with Crippen molar-refractivity contribution in [3.8, 4) is 5.75 Å². The lowest BCUT2D eigenvalue weighted by Gasteiger charge is -2.13. The molecule has 0 aliphatic carbocycles. The molecule has 0 saturated carbocycles. The monoisotopic (exact) mass is 309 g/mol. The first-order valence-corrected chi connectivity index (χ1v) is 7.35. The Labute approximate surface area is 118 Å². The van der Waals surface area contributed by atoms with E-state index in [0.717, 1.165) is 0 Å². The van der Waals surface area contributed by atoms with Gasteiger partial charge in [0.1, 0.15) is 5.75 Å². The highest BCUT2D eigenvalue weighted by atomic mass is 35.5. The zero-order valence-corrected chi connectivity index (χ0v) is 11.9. The Morgan fingerprint density at radius 3 is 2.44 bits per heavy atom. The van der Waals surface area contributed by atoms with Gasteiger partial charge in [0.05, 0.1) is 10.8 Å². The first kappa shape index (κ1) is 15.3. The summed E-state index contributed by atoms with van der Waals surface area (Å²) in [6.45, 7) is 1.71. The molecule has 1 aromatic carbocycles. The first-order chi connectivity index (χ1) is 8.40. The predicted molar refractivity (Wildman–Crippen MR) is 72.5 cm³/mol. The van der Waals surface area contributed by atoms with E-state index in [9.17, 15) is 9.00 Å².